The number of rotatable bonds is 2. The largest absolute Gasteiger partial charge is 0.341 e. The second-order valence-electron chi connectivity index (χ2n) is 5.93. The zero-order valence-corrected chi connectivity index (χ0v) is 13.3. The summed E-state index contributed by atoms with van der Waals surface area (Å²) in [7, 11) is 0. The van der Waals surface area contributed by atoms with E-state index >= 15 is 0 Å². The molecule has 0 atom stereocenters. The monoisotopic (exact) mass is 330 g/mol. The van der Waals surface area contributed by atoms with E-state index in [9.17, 15) is 9.18 Å². The molecule has 0 aromatic heterocycles. The predicted molar refractivity (Wildman–Crippen MR) is 90.1 cm³/mol. The Kier molecular flexibility index (Phi) is 3.49. The summed E-state index contributed by atoms with van der Waals surface area (Å²) < 4.78 is 13.6. The van der Waals surface area contributed by atoms with Crippen molar-refractivity contribution in [1.82, 2.24) is 0 Å². The van der Waals surface area contributed by atoms with E-state index in [0.717, 1.165) is 48.6 Å². The van der Waals surface area contributed by atoms with Crippen LogP contribution in [0.15, 0.2) is 36.4 Å². The van der Waals surface area contributed by atoms with Crippen molar-refractivity contribution in [1.29, 1.82) is 0 Å². The third-order valence-electron chi connectivity index (χ3n) is 4.57. The fourth-order valence-corrected chi connectivity index (χ4v) is 3.69. The number of hydrogen-bond acceptors (Lipinski definition) is 2. The first-order valence-electron chi connectivity index (χ1n) is 7.80. The van der Waals surface area contributed by atoms with E-state index in [1.807, 2.05) is 29.2 Å². The molecule has 0 bridgehead atoms. The zero-order chi connectivity index (χ0) is 16.0. The van der Waals surface area contributed by atoms with Gasteiger partial charge in [-0.05, 0) is 48.7 Å². The van der Waals surface area contributed by atoms with Crippen molar-refractivity contribution in [2.75, 3.05) is 22.9 Å². The van der Waals surface area contributed by atoms with Crippen molar-refractivity contribution in [3.8, 4) is 0 Å². The minimum Gasteiger partial charge on any atom is -0.341 e. The molecule has 23 heavy (non-hydrogen) atoms. The molecule has 2 aromatic carbocycles. The average Bonchev–Trinajstić information content (AvgIpc) is 3.17. The summed E-state index contributed by atoms with van der Waals surface area (Å²) in [5.41, 5.74) is 3.73. The predicted octanol–water partition coefficient (Wildman–Crippen LogP) is 4.30. The molecule has 2 heterocycles. The molecule has 3 nitrogen and oxygen atoms in total. The minimum atomic E-state index is -0.372. The molecule has 2 aliphatic rings. The summed E-state index contributed by atoms with van der Waals surface area (Å²) >= 11 is 6.09. The molecule has 118 valence electrons. The SMILES string of the molecule is O=C1CCCN1c1cccc(N2CCc3c2ccc(F)c3Cl)c1. The van der Waals surface area contributed by atoms with Crippen LogP contribution in [0.4, 0.5) is 21.5 Å². The second-order valence-corrected chi connectivity index (χ2v) is 6.31. The Morgan fingerprint density at radius 2 is 1.78 bits per heavy atom. The van der Waals surface area contributed by atoms with E-state index in [-0.39, 0.29) is 16.7 Å². The molecular formula is C18H16ClFN2O. The fraction of sp³-hybridized carbons (Fsp3) is 0.278. The van der Waals surface area contributed by atoms with Gasteiger partial charge in [-0.15, -0.1) is 0 Å². The summed E-state index contributed by atoms with van der Waals surface area (Å²) in [6.45, 7) is 1.53. The maximum atomic E-state index is 13.6. The molecule has 0 aliphatic carbocycles. The molecule has 4 rings (SSSR count). The molecule has 1 fully saturated rings. The van der Waals surface area contributed by atoms with Gasteiger partial charge in [0.1, 0.15) is 5.82 Å². The highest BCUT2D eigenvalue weighted by molar-refractivity contribution is 6.32. The Labute approximate surface area is 139 Å². The molecule has 1 saturated heterocycles. The highest BCUT2D eigenvalue weighted by atomic mass is 35.5. The van der Waals surface area contributed by atoms with Gasteiger partial charge >= 0.3 is 0 Å². The van der Waals surface area contributed by atoms with Crippen LogP contribution in [-0.2, 0) is 11.2 Å². The summed E-state index contributed by atoms with van der Waals surface area (Å²) in [5, 5.41) is 0.218. The first-order valence-corrected chi connectivity index (χ1v) is 8.18. The van der Waals surface area contributed by atoms with Crippen LogP contribution in [0.3, 0.4) is 0 Å². The number of nitrogens with zero attached hydrogens (tertiary/aromatic N) is 2. The van der Waals surface area contributed by atoms with Gasteiger partial charge in [-0.2, -0.15) is 0 Å². The van der Waals surface area contributed by atoms with Gasteiger partial charge < -0.3 is 9.80 Å². The third kappa shape index (κ3) is 2.38. The van der Waals surface area contributed by atoms with E-state index < -0.39 is 0 Å². The van der Waals surface area contributed by atoms with Gasteiger partial charge in [-0.25, -0.2) is 4.39 Å². The third-order valence-corrected chi connectivity index (χ3v) is 4.98. The Morgan fingerprint density at radius 1 is 1.00 bits per heavy atom. The Bertz CT molecular complexity index is 793. The molecule has 1 amide bonds. The van der Waals surface area contributed by atoms with Gasteiger partial charge in [-0.3, -0.25) is 4.79 Å². The summed E-state index contributed by atoms with van der Waals surface area (Å²) in [4.78, 5) is 15.9. The van der Waals surface area contributed by atoms with Gasteiger partial charge in [0.15, 0.2) is 0 Å². The number of halogens is 2. The van der Waals surface area contributed by atoms with Gasteiger partial charge in [0.25, 0.3) is 0 Å². The molecular weight excluding hydrogens is 315 g/mol. The lowest BCUT2D eigenvalue weighted by Gasteiger charge is -2.23. The molecule has 0 unspecified atom stereocenters. The lowest BCUT2D eigenvalue weighted by molar-refractivity contribution is -0.117. The molecule has 0 radical (unpaired) electrons. The van der Waals surface area contributed by atoms with E-state index in [1.165, 1.54) is 6.07 Å². The number of carbonyl (C=O) groups is 1. The van der Waals surface area contributed by atoms with Crippen molar-refractivity contribution in [2.45, 2.75) is 19.3 Å². The molecule has 5 heteroatoms. The average molecular weight is 331 g/mol. The molecule has 0 spiro atoms. The van der Waals surface area contributed by atoms with Crippen LogP contribution in [0.2, 0.25) is 5.02 Å². The maximum absolute atomic E-state index is 13.6. The molecule has 2 aliphatic heterocycles. The first kappa shape index (κ1) is 14.5. The maximum Gasteiger partial charge on any atom is 0.227 e. The highest BCUT2D eigenvalue weighted by Gasteiger charge is 2.26. The van der Waals surface area contributed by atoms with Crippen LogP contribution in [0.1, 0.15) is 18.4 Å². The molecule has 0 N–H and O–H groups in total. The quantitative estimate of drug-likeness (QED) is 0.819. The summed E-state index contributed by atoms with van der Waals surface area (Å²) in [5.74, 6) is -0.197. The number of fused-ring (bicyclic) bond motifs is 1. The number of benzene rings is 2. The van der Waals surface area contributed by atoms with Crippen molar-refractivity contribution >= 4 is 34.6 Å². The van der Waals surface area contributed by atoms with Crippen LogP contribution in [0, 0.1) is 5.82 Å². The van der Waals surface area contributed by atoms with Gasteiger partial charge in [0.05, 0.1) is 5.02 Å². The van der Waals surface area contributed by atoms with Crippen molar-refractivity contribution in [3.63, 3.8) is 0 Å². The smallest absolute Gasteiger partial charge is 0.227 e. The lowest BCUT2D eigenvalue weighted by Crippen LogP contribution is -2.24. The Morgan fingerprint density at radius 3 is 2.52 bits per heavy atom. The van der Waals surface area contributed by atoms with Crippen molar-refractivity contribution < 1.29 is 9.18 Å². The van der Waals surface area contributed by atoms with Gasteiger partial charge in [0.2, 0.25) is 5.91 Å². The van der Waals surface area contributed by atoms with E-state index in [1.54, 1.807) is 6.07 Å². The fourth-order valence-electron chi connectivity index (χ4n) is 3.44. The first-order chi connectivity index (χ1) is 11.1. The van der Waals surface area contributed by atoms with Gasteiger partial charge in [-0.1, -0.05) is 17.7 Å². The van der Waals surface area contributed by atoms with E-state index in [2.05, 4.69) is 4.90 Å². The van der Waals surface area contributed by atoms with Crippen molar-refractivity contribution in [2.24, 2.45) is 0 Å². The summed E-state index contributed by atoms with van der Waals surface area (Å²) in [6, 6.07) is 11.1. The number of anilines is 3. The van der Waals surface area contributed by atoms with Crippen LogP contribution < -0.4 is 9.80 Å². The van der Waals surface area contributed by atoms with Crippen LogP contribution in [0.25, 0.3) is 0 Å². The normalized spacial score (nSPS) is 17.0. The topological polar surface area (TPSA) is 23.6 Å². The number of amides is 1. The van der Waals surface area contributed by atoms with Crippen LogP contribution >= 0.6 is 11.6 Å². The second kappa shape index (κ2) is 5.53. The molecule has 0 saturated carbocycles. The highest BCUT2D eigenvalue weighted by Crippen LogP contribution is 2.40. The van der Waals surface area contributed by atoms with Crippen molar-refractivity contribution in [3.05, 3.63) is 52.8 Å². The van der Waals surface area contributed by atoms with Crippen LogP contribution in [0.5, 0.6) is 0 Å². The van der Waals surface area contributed by atoms with E-state index in [4.69, 9.17) is 11.6 Å². The molecule has 2 aromatic rings. The Hall–Kier alpha value is -2.07. The number of hydrogen-bond donors (Lipinski definition) is 0. The van der Waals surface area contributed by atoms with Crippen LogP contribution in [-0.4, -0.2) is 19.0 Å². The van der Waals surface area contributed by atoms with Gasteiger partial charge in [0, 0.05) is 36.6 Å². The Balaban J connectivity index is 1.71. The summed E-state index contributed by atoms with van der Waals surface area (Å²) in [6.07, 6.45) is 2.24. The zero-order valence-electron chi connectivity index (χ0n) is 12.6. The minimum absolute atomic E-state index is 0.175. The lowest BCUT2D eigenvalue weighted by atomic mass is 10.1. The standard InChI is InChI=1S/C18H16ClFN2O/c19-18-14-8-10-21(16(14)7-6-15(18)20)12-3-1-4-13(11-12)22-9-2-5-17(22)23/h1,3-4,6-7,11H,2,5,8-10H2. The van der Waals surface area contributed by atoms with E-state index in [0.29, 0.717) is 6.42 Å². The number of carbonyl (C=O) groups excluding carboxylic acids is 1.